The highest BCUT2D eigenvalue weighted by Crippen LogP contribution is 2.17. The molecule has 0 amide bonds. The second-order valence-corrected chi connectivity index (χ2v) is 5.03. The Hall–Kier alpha value is -0.940. The lowest BCUT2D eigenvalue weighted by Gasteiger charge is -2.05. The van der Waals surface area contributed by atoms with E-state index in [2.05, 4.69) is 0 Å². The van der Waals surface area contributed by atoms with Crippen LogP contribution in [-0.2, 0) is 9.84 Å². The van der Waals surface area contributed by atoms with Crippen LogP contribution in [0.3, 0.4) is 0 Å². The standard InChI is InChI=1S/C9H11FO3S/c1-7-6-8(10)2-3-9(7)14(12,13)5-4-11/h2-3,6,11H,4-5H2,1H3. The molecule has 0 unspecified atom stereocenters. The average Bonchev–Trinajstić information content (AvgIpc) is 2.02. The minimum absolute atomic E-state index is 0.0768. The van der Waals surface area contributed by atoms with Gasteiger partial charge < -0.3 is 5.11 Å². The van der Waals surface area contributed by atoms with Gasteiger partial charge in [0.1, 0.15) is 5.82 Å². The molecule has 0 aromatic heterocycles. The van der Waals surface area contributed by atoms with E-state index in [0.29, 0.717) is 5.56 Å². The van der Waals surface area contributed by atoms with E-state index in [1.807, 2.05) is 0 Å². The fourth-order valence-corrected chi connectivity index (χ4v) is 2.48. The third-order valence-corrected chi connectivity index (χ3v) is 3.68. The van der Waals surface area contributed by atoms with Crippen molar-refractivity contribution in [3.63, 3.8) is 0 Å². The molecule has 1 aromatic rings. The molecule has 14 heavy (non-hydrogen) atoms. The molecule has 0 aliphatic heterocycles. The Labute approximate surface area is 82.1 Å². The van der Waals surface area contributed by atoms with Gasteiger partial charge in [-0.1, -0.05) is 0 Å². The fourth-order valence-electron chi connectivity index (χ4n) is 1.19. The van der Waals surface area contributed by atoms with Crippen molar-refractivity contribution in [2.24, 2.45) is 0 Å². The highest BCUT2D eigenvalue weighted by Gasteiger charge is 2.16. The normalized spacial score (nSPS) is 11.6. The van der Waals surface area contributed by atoms with Crippen molar-refractivity contribution in [2.45, 2.75) is 11.8 Å². The molecule has 0 spiro atoms. The molecule has 0 saturated heterocycles. The molecule has 3 nitrogen and oxygen atoms in total. The Kier molecular flexibility index (Phi) is 3.23. The number of aliphatic hydroxyl groups is 1. The van der Waals surface area contributed by atoms with Gasteiger partial charge in [-0.3, -0.25) is 0 Å². The van der Waals surface area contributed by atoms with Gasteiger partial charge in [0.25, 0.3) is 0 Å². The smallest absolute Gasteiger partial charge is 0.180 e. The Morgan fingerprint density at radius 1 is 1.43 bits per heavy atom. The van der Waals surface area contributed by atoms with Crippen LogP contribution in [0.15, 0.2) is 23.1 Å². The topological polar surface area (TPSA) is 54.4 Å². The summed E-state index contributed by atoms with van der Waals surface area (Å²) in [5.41, 5.74) is 0.360. The summed E-state index contributed by atoms with van der Waals surface area (Å²) in [6.07, 6.45) is 0. The number of sulfone groups is 1. The van der Waals surface area contributed by atoms with Gasteiger partial charge in [-0.05, 0) is 30.7 Å². The number of halogens is 1. The molecule has 5 heteroatoms. The van der Waals surface area contributed by atoms with E-state index in [1.165, 1.54) is 13.0 Å². The van der Waals surface area contributed by atoms with Gasteiger partial charge >= 0.3 is 0 Å². The lowest BCUT2D eigenvalue weighted by molar-refractivity contribution is 0.319. The van der Waals surface area contributed by atoms with Crippen LogP contribution >= 0.6 is 0 Å². The number of benzene rings is 1. The maximum Gasteiger partial charge on any atom is 0.180 e. The van der Waals surface area contributed by atoms with Gasteiger partial charge in [-0.25, -0.2) is 12.8 Å². The fraction of sp³-hybridized carbons (Fsp3) is 0.333. The first-order chi connectivity index (χ1) is 6.47. The van der Waals surface area contributed by atoms with E-state index in [1.54, 1.807) is 0 Å². The molecule has 0 aliphatic rings. The van der Waals surface area contributed by atoms with E-state index >= 15 is 0 Å². The zero-order valence-electron chi connectivity index (χ0n) is 7.70. The van der Waals surface area contributed by atoms with Crippen LogP contribution in [-0.4, -0.2) is 25.9 Å². The van der Waals surface area contributed by atoms with Gasteiger partial charge in [-0.2, -0.15) is 0 Å². The van der Waals surface area contributed by atoms with E-state index in [4.69, 9.17) is 5.11 Å². The third-order valence-electron chi connectivity index (χ3n) is 1.83. The Morgan fingerprint density at radius 3 is 2.57 bits per heavy atom. The molecule has 0 atom stereocenters. The average molecular weight is 218 g/mol. The molecule has 1 rings (SSSR count). The predicted molar refractivity (Wildman–Crippen MR) is 50.3 cm³/mol. The third kappa shape index (κ3) is 2.30. The summed E-state index contributed by atoms with van der Waals surface area (Å²) in [5, 5.41) is 8.56. The summed E-state index contributed by atoms with van der Waals surface area (Å²) < 4.78 is 35.6. The summed E-state index contributed by atoms with van der Waals surface area (Å²) >= 11 is 0. The molecule has 0 bridgehead atoms. The van der Waals surface area contributed by atoms with Gasteiger partial charge in [0.2, 0.25) is 0 Å². The zero-order valence-corrected chi connectivity index (χ0v) is 8.51. The summed E-state index contributed by atoms with van der Waals surface area (Å²) in [5.74, 6) is -0.801. The molecule has 0 radical (unpaired) electrons. The number of hydrogen-bond donors (Lipinski definition) is 1. The van der Waals surface area contributed by atoms with Crippen molar-refractivity contribution in [3.05, 3.63) is 29.6 Å². The SMILES string of the molecule is Cc1cc(F)ccc1S(=O)(=O)CCO. The van der Waals surface area contributed by atoms with Gasteiger partial charge in [0.15, 0.2) is 9.84 Å². The van der Waals surface area contributed by atoms with Crippen LogP contribution in [0.2, 0.25) is 0 Å². The minimum atomic E-state index is -3.47. The van der Waals surface area contributed by atoms with Crippen molar-refractivity contribution in [1.29, 1.82) is 0 Å². The number of aliphatic hydroxyl groups excluding tert-OH is 1. The number of hydrogen-bond acceptors (Lipinski definition) is 3. The molecule has 0 aliphatic carbocycles. The highest BCUT2D eigenvalue weighted by molar-refractivity contribution is 7.91. The van der Waals surface area contributed by atoms with Crippen LogP contribution in [0.4, 0.5) is 4.39 Å². The first kappa shape index (κ1) is 11.1. The molecule has 78 valence electrons. The summed E-state index contributed by atoms with van der Waals surface area (Å²) in [7, 11) is -3.47. The van der Waals surface area contributed by atoms with Crippen molar-refractivity contribution in [2.75, 3.05) is 12.4 Å². The molecular weight excluding hydrogens is 207 g/mol. The zero-order chi connectivity index (χ0) is 10.8. The van der Waals surface area contributed by atoms with Crippen LogP contribution < -0.4 is 0 Å². The van der Waals surface area contributed by atoms with Crippen LogP contribution in [0.1, 0.15) is 5.56 Å². The van der Waals surface area contributed by atoms with Crippen LogP contribution in [0.25, 0.3) is 0 Å². The van der Waals surface area contributed by atoms with E-state index in [-0.39, 0.29) is 10.6 Å². The van der Waals surface area contributed by atoms with Gasteiger partial charge in [0.05, 0.1) is 17.3 Å². The lowest BCUT2D eigenvalue weighted by atomic mass is 10.2. The van der Waals surface area contributed by atoms with Gasteiger partial charge in [0, 0.05) is 0 Å². The Balaban J connectivity index is 3.20. The van der Waals surface area contributed by atoms with Crippen molar-refractivity contribution >= 4 is 9.84 Å². The lowest BCUT2D eigenvalue weighted by Crippen LogP contribution is -2.11. The maximum atomic E-state index is 12.7. The second kappa shape index (κ2) is 4.06. The monoisotopic (exact) mass is 218 g/mol. The molecule has 1 N–H and O–H groups in total. The maximum absolute atomic E-state index is 12.7. The van der Waals surface area contributed by atoms with E-state index in [0.717, 1.165) is 12.1 Å². The molecule has 1 aromatic carbocycles. The van der Waals surface area contributed by atoms with E-state index in [9.17, 15) is 12.8 Å². The largest absolute Gasteiger partial charge is 0.395 e. The molecule has 0 fully saturated rings. The van der Waals surface area contributed by atoms with Crippen molar-refractivity contribution in [1.82, 2.24) is 0 Å². The van der Waals surface area contributed by atoms with Crippen molar-refractivity contribution in [3.8, 4) is 0 Å². The van der Waals surface area contributed by atoms with Crippen LogP contribution in [0.5, 0.6) is 0 Å². The van der Waals surface area contributed by atoms with Crippen molar-refractivity contribution < 1.29 is 17.9 Å². The quantitative estimate of drug-likeness (QED) is 0.767. The molecule has 0 saturated carbocycles. The van der Waals surface area contributed by atoms with Gasteiger partial charge in [-0.15, -0.1) is 0 Å². The number of aryl methyl sites for hydroxylation is 1. The Bertz CT molecular complexity index is 426. The highest BCUT2D eigenvalue weighted by atomic mass is 32.2. The summed E-state index contributed by atoms with van der Waals surface area (Å²) in [6.45, 7) is 1.09. The first-order valence-electron chi connectivity index (χ1n) is 4.07. The minimum Gasteiger partial charge on any atom is -0.395 e. The predicted octanol–water partition coefficient (Wildman–Crippen LogP) is 0.900. The van der Waals surface area contributed by atoms with Crippen LogP contribution in [0, 0.1) is 12.7 Å². The second-order valence-electron chi connectivity index (χ2n) is 2.95. The van der Waals surface area contributed by atoms with E-state index < -0.39 is 22.3 Å². The summed E-state index contributed by atoms with van der Waals surface area (Å²) in [6, 6.07) is 3.47. The molecule has 0 heterocycles. The molecular formula is C9H11FO3S. The Morgan fingerprint density at radius 2 is 2.07 bits per heavy atom. The first-order valence-corrected chi connectivity index (χ1v) is 5.72. The summed E-state index contributed by atoms with van der Waals surface area (Å²) in [4.78, 5) is 0.0768. The number of rotatable bonds is 3.